The molecule has 6 radical (unpaired) electrons. The summed E-state index contributed by atoms with van der Waals surface area (Å²) in [5, 5.41) is 0. The third kappa shape index (κ3) is 9.98. The summed E-state index contributed by atoms with van der Waals surface area (Å²) in [5.74, 6) is 0. The molecule has 0 spiro atoms. The summed E-state index contributed by atoms with van der Waals surface area (Å²) < 4.78 is 0. The second kappa shape index (κ2) is 25.9. The van der Waals surface area contributed by atoms with Crippen molar-refractivity contribution in [1.29, 1.82) is 0 Å². The minimum absolute atomic E-state index is 0. The van der Waals surface area contributed by atoms with E-state index in [1.54, 1.807) is 0 Å². The molecular formula is CuNiOP. The predicted octanol–water partition coefficient (Wildman–Crippen LogP) is 0.737. The second-order valence-corrected chi connectivity index (χ2v) is 0. The molecule has 0 aliphatic heterocycles. The molecule has 32 valence electrons. The maximum Gasteiger partial charge on any atom is 0 e. The van der Waals surface area contributed by atoms with Crippen LogP contribution in [0, 0.1) is 0 Å². The van der Waals surface area contributed by atoms with Crippen LogP contribution >= 0.6 is 9.90 Å². The largest absolute Gasteiger partial charge is 0 e. The Kier molecular flexibility index (Phi) is 345. The third-order valence-corrected chi connectivity index (χ3v) is 0. The molecule has 0 saturated carbocycles. The van der Waals surface area contributed by atoms with Gasteiger partial charge in [0.1, 0.15) is 0 Å². The van der Waals surface area contributed by atoms with Gasteiger partial charge in [-0.1, -0.05) is 0 Å². The van der Waals surface area contributed by atoms with Crippen LogP contribution in [0.25, 0.3) is 0 Å². The molecule has 0 unspecified atom stereocenters. The zero-order valence-electron chi connectivity index (χ0n) is 1.47. The number of hydrogen-bond donors (Lipinski definition) is 0. The van der Waals surface area contributed by atoms with Crippen molar-refractivity contribution in [3.05, 3.63) is 0 Å². The molecule has 0 atom stereocenters. The molecule has 4 heteroatoms. The summed E-state index contributed by atoms with van der Waals surface area (Å²) in [4.78, 5) is 0. The first kappa shape index (κ1) is 53.2. The third-order valence-electron chi connectivity index (χ3n) is 0. The Morgan fingerprint density at radius 3 is 1.00 bits per heavy atom. The summed E-state index contributed by atoms with van der Waals surface area (Å²) in [5.41, 5.74) is 0. The first-order valence-electron chi connectivity index (χ1n) is 0. The van der Waals surface area contributed by atoms with Crippen LogP contribution in [0.5, 0.6) is 0 Å². The van der Waals surface area contributed by atoms with Gasteiger partial charge in [-0.25, -0.2) is 0 Å². The molecule has 4 heavy (non-hydrogen) atoms. The number of rotatable bonds is 0. The van der Waals surface area contributed by atoms with E-state index in [4.69, 9.17) is 0 Å². The van der Waals surface area contributed by atoms with E-state index >= 15 is 0 Å². The van der Waals surface area contributed by atoms with Gasteiger partial charge in [-0.15, -0.1) is 0 Å². The van der Waals surface area contributed by atoms with Gasteiger partial charge in [0.05, 0.1) is 0 Å². The van der Waals surface area contributed by atoms with Gasteiger partial charge < -0.3 is 0 Å². The molecule has 0 aromatic rings. The summed E-state index contributed by atoms with van der Waals surface area (Å²) in [6.07, 6.45) is 0. The molecule has 1 nitrogen and oxygen atoms in total. The van der Waals surface area contributed by atoms with Gasteiger partial charge in [0.25, 0.3) is 0 Å². The van der Waals surface area contributed by atoms with E-state index in [0.29, 0.717) is 0 Å². The SMILES string of the molecule is [Cu].[Ni].[O].[P]. The van der Waals surface area contributed by atoms with E-state index < -0.39 is 0 Å². The predicted molar refractivity (Wildman–Crippen MR) is 7.61 cm³/mol. The van der Waals surface area contributed by atoms with Crippen LogP contribution in [-0.4, -0.2) is 0 Å². The van der Waals surface area contributed by atoms with Crippen LogP contribution in [0.4, 0.5) is 0 Å². The maximum atomic E-state index is 0. The Balaban J connectivity index is 0. The Labute approximate surface area is 49.2 Å². The zero-order chi connectivity index (χ0) is 0. The average Bonchev–Trinajstić information content (AvgIpc) is 0. The van der Waals surface area contributed by atoms with Crippen LogP contribution in [0.1, 0.15) is 0 Å². The second-order valence-electron chi connectivity index (χ2n) is 0. The van der Waals surface area contributed by atoms with Crippen molar-refractivity contribution < 1.29 is 39.0 Å². The van der Waals surface area contributed by atoms with Crippen LogP contribution < -0.4 is 0 Å². The van der Waals surface area contributed by atoms with E-state index in [1.165, 1.54) is 0 Å². The topological polar surface area (TPSA) is 28.5 Å². The molecule has 0 N–H and O–H groups in total. The van der Waals surface area contributed by atoms with Gasteiger partial charge in [-0.05, 0) is 0 Å². The Bertz CT molecular complexity index is 8.00. The van der Waals surface area contributed by atoms with Crippen molar-refractivity contribution in [2.45, 2.75) is 0 Å². The molecular weight excluding hydrogens is 169 g/mol. The monoisotopic (exact) mass is 168 g/mol. The van der Waals surface area contributed by atoms with Crippen LogP contribution in [0.3, 0.4) is 0 Å². The van der Waals surface area contributed by atoms with Crippen LogP contribution in [-0.2, 0) is 39.0 Å². The summed E-state index contributed by atoms with van der Waals surface area (Å²) in [7, 11) is 0. The quantitative estimate of drug-likeness (QED) is 0.378. The van der Waals surface area contributed by atoms with E-state index in [1.807, 2.05) is 0 Å². The Hall–Kier alpha value is 1.40. The van der Waals surface area contributed by atoms with Gasteiger partial charge in [0.2, 0.25) is 0 Å². The standard InChI is InChI=1S/Cu.Ni.O.P. The molecule has 0 fully saturated rings. The fourth-order valence-electron chi connectivity index (χ4n) is 0. The fourth-order valence-corrected chi connectivity index (χ4v) is 0. The summed E-state index contributed by atoms with van der Waals surface area (Å²) >= 11 is 0. The molecule has 0 saturated heterocycles. The molecule has 0 aromatic carbocycles. The first-order chi connectivity index (χ1) is 0. The van der Waals surface area contributed by atoms with Gasteiger partial charge in [-0.2, -0.15) is 0 Å². The minimum Gasteiger partial charge on any atom is 0 e. The average molecular weight is 169 g/mol. The minimum atomic E-state index is 0. The molecule has 0 aromatic heterocycles. The molecule has 0 rings (SSSR count). The molecule has 0 amide bonds. The molecule has 0 aliphatic carbocycles. The van der Waals surface area contributed by atoms with Crippen molar-refractivity contribution in [2.75, 3.05) is 0 Å². The molecule has 0 bridgehead atoms. The van der Waals surface area contributed by atoms with Crippen LogP contribution in [0.15, 0.2) is 0 Å². The molecule has 0 aliphatic rings. The zero-order valence-corrected chi connectivity index (χ0v) is 4.30. The van der Waals surface area contributed by atoms with Crippen molar-refractivity contribution >= 4 is 9.90 Å². The Morgan fingerprint density at radius 2 is 1.00 bits per heavy atom. The maximum absolute atomic E-state index is 0. The Morgan fingerprint density at radius 1 is 1.00 bits per heavy atom. The van der Waals surface area contributed by atoms with Gasteiger partial charge in [0.15, 0.2) is 0 Å². The normalized spacial score (nSPS) is 0. The van der Waals surface area contributed by atoms with Gasteiger partial charge in [0, 0.05) is 48.9 Å². The van der Waals surface area contributed by atoms with Gasteiger partial charge in [-0.3, -0.25) is 0 Å². The van der Waals surface area contributed by atoms with Crippen molar-refractivity contribution in [2.24, 2.45) is 0 Å². The summed E-state index contributed by atoms with van der Waals surface area (Å²) in [6.45, 7) is 0. The van der Waals surface area contributed by atoms with E-state index in [0.717, 1.165) is 0 Å². The van der Waals surface area contributed by atoms with E-state index in [-0.39, 0.29) is 48.9 Å². The van der Waals surface area contributed by atoms with Gasteiger partial charge >= 0.3 is 0 Å². The smallest absolute Gasteiger partial charge is 0 e. The fraction of sp³-hybridized carbons (Fsp3) is 0. The summed E-state index contributed by atoms with van der Waals surface area (Å²) in [6, 6.07) is 0. The van der Waals surface area contributed by atoms with Crippen molar-refractivity contribution in [3.63, 3.8) is 0 Å². The molecule has 0 heterocycles. The van der Waals surface area contributed by atoms with Crippen molar-refractivity contribution in [3.8, 4) is 0 Å². The van der Waals surface area contributed by atoms with E-state index in [2.05, 4.69) is 0 Å². The van der Waals surface area contributed by atoms with Crippen molar-refractivity contribution in [1.82, 2.24) is 0 Å². The first-order valence-corrected chi connectivity index (χ1v) is 0. The van der Waals surface area contributed by atoms with Crippen LogP contribution in [0.2, 0.25) is 0 Å². The number of hydrogen-bond acceptors (Lipinski definition) is 0. The van der Waals surface area contributed by atoms with E-state index in [9.17, 15) is 0 Å².